The second-order valence-electron chi connectivity index (χ2n) is 7.74. The molecule has 0 radical (unpaired) electrons. The first kappa shape index (κ1) is 22.3. The van der Waals surface area contributed by atoms with Crippen LogP contribution in [0.5, 0.6) is 0 Å². The maximum Gasteiger partial charge on any atom is 0.243 e. The summed E-state index contributed by atoms with van der Waals surface area (Å²) in [6.07, 6.45) is 0. The molecule has 1 fully saturated rings. The van der Waals surface area contributed by atoms with Gasteiger partial charge in [0, 0.05) is 31.9 Å². The monoisotopic (exact) mass is 459 g/mol. The molecule has 168 valence electrons. The van der Waals surface area contributed by atoms with E-state index < -0.39 is 27.7 Å². The van der Waals surface area contributed by atoms with Gasteiger partial charge in [-0.1, -0.05) is 30.3 Å². The number of hydrogen-bond acceptors (Lipinski definition) is 4. The summed E-state index contributed by atoms with van der Waals surface area (Å²) in [7, 11) is -3.94. The van der Waals surface area contributed by atoms with E-state index in [1.54, 1.807) is 6.92 Å². The number of halogens is 2. The Morgan fingerprint density at radius 3 is 2.28 bits per heavy atom. The maximum atomic E-state index is 13.5. The summed E-state index contributed by atoms with van der Waals surface area (Å²) in [5.74, 6) is -2.49. The van der Waals surface area contributed by atoms with Crippen LogP contribution < -0.4 is 5.32 Å². The molecule has 1 saturated heterocycles. The molecule has 1 unspecified atom stereocenters. The van der Waals surface area contributed by atoms with Crippen LogP contribution in [0.4, 0.5) is 14.5 Å². The molecule has 6 nitrogen and oxygen atoms in total. The molecule has 0 aliphatic carbocycles. The number of amides is 1. The SMILES string of the molecule is CC(C(=O)Nc1ccc2ccccc2c1)N1CCN(S(=O)(=O)c2ccc(F)c(F)c2)CC1. The largest absolute Gasteiger partial charge is 0.325 e. The van der Waals surface area contributed by atoms with Crippen molar-refractivity contribution in [1.29, 1.82) is 0 Å². The molecule has 1 N–H and O–H groups in total. The summed E-state index contributed by atoms with van der Waals surface area (Å²) in [6, 6.07) is 15.6. The van der Waals surface area contributed by atoms with Gasteiger partial charge in [-0.2, -0.15) is 4.31 Å². The predicted octanol–water partition coefficient (Wildman–Crippen LogP) is 3.45. The highest BCUT2D eigenvalue weighted by atomic mass is 32.2. The van der Waals surface area contributed by atoms with Crippen LogP contribution in [0.1, 0.15) is 6.92 Å². The molecule has 1 aliphatic heterocycles. The van der Waals surface area contributed by atoms with Crippen LogP contribution in [0.3, 0.4) is 0 Å². The number of nitrogens with one attached hydrogen (secondary N) is 1. The molecule has 3 aromatic rings. The third-order valence-electron chi connectivity index (χ3n) is 5.75. The van der Waals surface area contributed by atoms with Gasteiger partial charge in [0.1, 0.15) is 0 Å². The van der Waals surface area contributed by atoms with Gasteiger partial charge < -0.3 is 5.32 Å². The number of nitrogens with zero attached hydrogens (tertiary/aromatic N) is 2. The van der Waals surface area contributed by atoms with Gasteiger partial charge in [0.2, 0.25) is 15.9 Å². The van der Waals surface area contributed by atoms with Gasteiger partial charge in [0.05, 0.1) is 10.9 Å². The zero-order valence-corrected chi connectivity index (χ0v) is 18.3. The zero-order chi connectivity index (χ0) is 22.9. The first-order chi connectivity index (χ1) is 15.3. The van der Waals surface area contributed by atoms with E-state index in [9.17, 15) is 22.0 Å². The Hall–Kier alpha value is -2.88. The van der Waals surface area contributed by atoms with Crippen LogP contribution in [0, 0.1) is 11.6 Å². The number of carbonyl (C=O) groups excluding carboxylic acids is 1. The van der Waals surface area contributed by atoms with Crippen molar-refractivity contribution < 1.29 is 22.0 Å². The summed E-state index contributed by atoms with van der Waals surface area (Å²) < 4.78 is 53.4. The van der Waals surface area contributed by atoms with E-state index in [0.29, 0.717) is 24.8 Å². The zero-order valence-electron chi connectivity index (χ0n) is 17.5. The van der Waals surface area contributed by atoms with Crippen LogP contribution in [-0.4, -0.2) is 55.8 Å². The Bertz CT molecular complexity index is 1260. The number of piperazine rings is 1. The van der Waals surface area contributed by atoms with Gasteiger partial charge in [-0.15, -0.1) is 0 Å². The summed E-state index contributed by atoms with van der Waals surface area (Å²) in [6.45, 7) is 2.75. The lowest BCUT2D eigenvalue weighted by molar-refractivity contribution is -0.121. The first-order valence-corrected chi connectivity index (χ1v) is 11.7. The second kappa shape index (κ2) is 8.93. The molecular formula is C23H23F2N3O3S. The van der Waals surface area contributed by atoms with Gasteiger partial charge in [0.15, 0.2) is 11.6 Å². The summed E-state index contributed by atoms with van der Waals surface area (Å²) in [4.78, 5) is 14.4. The van der Waals surface area contributed by atoms with E-state index in [1.807, 2.05) is 47.4 Å². The van der Waals surface area contributed by atoms with Crippen molar-refractivity contribution in [2.24, 2.45) is 0 Å². The Morgan fingerprint density at radius 1 is 0.906 bits per heavy atom. The molecule has 0 aromatic heterocycles. The average molecular weight is 460 g/mol. The van der Waals surface area contributed by atoms with Crippen molar-refractivity contribution >= 4 is 32.4 Å². The van der Waals surface area contributed by atoms with Crippen LogP contribution in [-0.2, 0) is 14.8 Å². The number of fused-ring (bicyclic) bond motifs is 1. The predicted molar refractivity (Wildman–Crippen MR) is 119 cm³/mol. The fraction of sp³-hybridized carbons (Fsp3) is 0.261. The van der Waals surface area contributed by atoms with Crippen LogP contribution in [0.2, 0.25) is 0 Å². The lowest BCUT2D eigenvalue weighted by Gasteiger charge is -2.36. The Balaban J connectivity index is 1.38. The van der Waals surface area contributed by atoms with Gasteiger partial charge >= 0.3 is 0 Å². The van der Waals surface area contributed by atoms with Crippen molar-refractivity contribution in [3.8, 4) is 0 Å². The molecule has 1 heterocycles. The molecule has 3 aromatic carbocycles. The fourth-order valence-corrected chi connectivity index (χ4v) is 5.23. The summed E-state index contributed by atoms with van der Waals surface area (Å²) >= 11 is 0. The molecule has 4 rings (SSSR count). The maximum absolute atomic E-state index is 13.5. The van der Waals surface area contributed by atoms with Gasteiger partial charge in [0.25, 0.3) is 0 Å². The Morgan fingerprint density at radius 2 is 1.59 bits per heavy atom. The van der Waals surface area contributed by atoms with E-state index in [4.69, 9.17) is 0 Å². The van der Waals surface area contributed by atoms with Crippen LogP contribution in [0.25, 0.3) is 10.8 Å². The summed E-state index contributed by atoms with van der Waals surface area (Å²) in [5.41, 5.74) is 0.695. The molecule has 32 heavy (non-hydrogen) atoms. The standard InChI is InChI=1S/C23H23F2N3O3S/c1-16(23(29)26-19-7-6-17-4-2-3-5-18(17)14-19)27-10-12-28(13-11-27)32(30,31)20-8-9-21(24)22(25)15-20/h2-9,14-16H,10-13H2,1H3,(H,26,29). The molecule has 1 aliphatic rings. The normalized spacial score (nSPS) is 16.7. The molecule has 1 amide bonds. The van der Waals surface area contributed by atoms with Crippen molar-refractivity contribution in [2.45, 2.75) is 17.9 Å². The van der Waals surface area contributed by atoms with E-state index in [0.717, 1.165) is 22.9 Å². The Labute approximate surface area is 185 Å². The molecule has 9 heteroatoms. The van der Waals surface area contributed by atoms with Gasteiger partial charge in [-0.05, 0) is 48.0 Å². The smallest absolute Gasteiger partial charge is 0.243 e. The number of anilines is 1. The highest BCUT2D eigenvalue weighted by Crippen LogP contribution is 2.22. The number of sulfonamides is 1. The van der Waals surface area contributed by atoms with Crippen molar-refractivity contribution in [3.63, 3.8) is 0 Å². The number of rotatable bonds is 5. The number of hydrogen-bond donors (Lipinski definition) is 1. The van der Waals surface area contributed by atoms with Crippen molar-refractivity contribution in [3.05, 3.63) is 72.3 Å². The third kappa shape index (κ3) is 4.50. The van der Waals surface area contributed by atoms with Crippen molar-refractivity contribution in [1.82, 2.24) is 9.21 Å². The minimum atomic E-state index is -3.94. The van der Waals surface area contributed by atoms with Crippen LogP contribution in [0.15, 0.2) is 65.6 Å². The summed E-state index contributed by atoms with van der Waals surface area (Å²) in [5, 5.41) is 5.02. The van der Waals surface area contributed by atoms with E-state index in [-0.39, 0.29) is 23.9 Å². The molecule has 0 saturated carbocycles. The van der Waals surface area contributed by atoms with Gasteiger partial charge in [-0.25, -0.2) is 17.2 Å². The van der Waals surface area contributed by atoms with Gasteiger partial charge in [-0.3, -0.25) is 9.69 Å². The minimum absolute atomic E-state index is 0.148. The quantitative estimate of drug-likeness (QED) is 0.635. The van der Waals surface area contributed by atoms with Crippen molar-refractivity contribution in [2.75, 3.05) is 31.5 Å². The highest BCUT2D eigenvalue weighted by Gasteiger charge is 2.32. The number of carbonyl (C=O) groups is 1. The van der Waals surface area contributed by atoms with E-state index >= 15 is 0 Å². The topological polar surface area (TPSA) is 69.7 Å². The lowest BCUT2D eigenvalue weighted by atomic mass is 10.1. The minimum Gasteiger partial charge on any atom is -0.325 e. The second-order valence-corrected chi connectivity index (χ2v) is 9.68. The highest BCUT2D eigenvalue weighted by molar-refractivity contribution is 7.89. The molecular weight excluding hydrogens is 436 g/mol. The molecule has 1 atom stereocenters. The fourth-order valence-electron chi connectivity index (χ4n) is 3.80. The Kier molecular flexibility index (Phi) is 6.23. The molecule has 0 bridgehead atoms. The molecule has 0 spiro atoms. The van der Waals surface area contributed by atoms with E-state index in [1.165, 1.54) is 4.31 Å². The van der Waals surface area contributed by atoms with Crippen LogP contribution >= 0.6 is 0 Å². The third-order valence-corrected chi connectivity index (χ3v) is 7.64. The average Bonchev–Trinajstić information content (AvgIpc) is 2.80. The first-order valence-electron chi connectivity index (χ1n) is 10.2. The lowest BCUT2D eigenvalue weighted by Crippen LogP contribution is -2.53. The van der Waals surface area contributed by atoms with E-state index in [2.05, 4.69) is 5.32 Å². The number of benzene rings is 3.